The zero-order valence-electron chi connectivity index (χ0n) is 28.3. The van der Waals surface area contributed by atoms with E-state index in [1.165, 1.54) is 11.1 Å². The number of hydrogen-bond acceptors (Lipinski definition) is 6. The molecular weight excluding hydrogens is 668 g/mol. The molecule has 2 aromatic carbocycles. The Morgan fingerprint density at radius 1 is 0.938 bits per heavy atom. The van der Waals surface area contributed by atoms with Crippen molar-refractivity contribution in [2.24, 2.45) is 0 Å². The third-order valence-electron chi connectivity index (χ3n) is 10.2. The summed E-state index contributed by atoms with van der Waals surface area (Å²) in [4.78, 5) is 2.29. The van der Waals surface area contributed by atoms with Gasteiger partial charge in [0.25, 0.3) is 10.1 Å². The molecular formula is C37H47ClN2O6S2. The number of nitrogens with zero attached hydrogens (tertiary/aromatic N) is 2. The van der Waals surface area contributed by atoms with Crippen molar-refractivity contribution in [2.45, 2.75) is 89.5 Å². The van der Waals surface area contributed by atoms with Crippen LogP contribution in [0, 0.1) is 0 Å². The summed E-state index contributed by atoms with van der Waals surface area (Å²) in [5.41, 5.74) is 7.46. The van der Waals surface area contributed by atoms with Gasteiger partial charge in [0.1, 0.15) is 6.54 Å². The lowest BCUT2D eigenvalue weighted by Crippen LogP contribution is -2.42. The monoisotopic (exact) mass is 714 g/mol. The Morgan fingerprint density at radius 3 is 2.33 bits per heavy atom. The van der Waals surface area contributed by atoms with Gasteiger partial charge in [-0.3, -0.25) is 4.55 Å². The quantitative estimate of drug-likeness (QED) is 0.131. The predicted octanol–water partition coefficient (Wildman–Crippen LogP) is 7.38. The molecule has 1 aliphatic carbocycles. The molecule has 3 aliphatic rings. The maximum Gasteiger partial charge on any atom is 0.264 e. The van der Waals surface area contributed by atoms with Crippen LogP contribution in [0.5, 0.6) is 0 Å². The maximum atomic E-state index is 11.5. The molecule has 0 bridgehead atoms. The molecule has 5 rings (SSSR count). The van der Waals surface area contributed by atoms with Crippen LogP contribution in [0.4, 0.5) is 11.4 Å². The molecule has 8 nitrogen and oxygen atoms in total. The smallest absolute Gasteiger partial charge is 0.264 e. The molecule has 0 radical (unpaired) electrons. The molecule has 2 aliphatic heterocycles. The first-order chi connectivity index (χ1) is 22.5. The molecule has 1 N–H and O–H groups in total. The lowest BCUT2D eigenvalue weighted by atomic mass is 9.78. The summed E-state index contributed by atoms with van der Waals surface area (Å²) in [6, 6.07) is 16.6. The van der Waals surface area contributed by atoms with E-state index in [0.29, 0.717) is 32.4 Å². The highest BCUT2D eigenvalue weighted by atomic mass is 35.5. The van der Waals surface area contributed by atoms with Crippen molar-refractivity contribution >= 4 is 48.9 Å². The van der Waals surface area contributed by atoms with E-state index in [1.807, 2.05) is 24.3 Å². The van der Waals surface area contributed by atoms with Crippen molar-refractivity contribution in [3.8, 4) is 0 Å². The van der Waals surface area contributed by atoms with Crippen LogP contribution in [0.25, 0.3) is 0 Å². The summed E-state index contributed by atoms with van der Waals surface area (Å²) in [5, 5.41) is 0.768. The molecule has 1 atom stereocenters. The van der Waals surface area contributed by atoms with Gasteiger partial charge in [0, 0.05) is 58.6 Å². The Hall–Kier alpha value is -2.76. The number of hydrogen-bond donors (Lipinski definition) is 1. The molecule has 48 heavy (non-hydrogen) atoms. The van der Waals surface area contributed by atoms with Crippen LogP contribution in [0.1, 0.15) is 83.8 Å². The van der Waals surface area contributed by atoms with Crippen molar-refractivity contribution in [1.82, 2.24) is 0 Å². The molecule has 0 fully saturated rings. The van der Waals surface area contributed by atoms with Gasteiger partial charge in [0.2, 0.25) is 5.69 Å². The van der Waals surface area contributed by atoms with E-state index in [2.05, 4.69) is 79.7 Å². The fraction of sp³-hybridized carbons (Fsp3) is 0.486. The molecule has 1 unspecified atom stereocenters. The fourth-order valence-corrected chi connectivity index (χ4v) is 9.11. The molecule has 0 amide bonds. The second kappa shape index (κ2) is 14.2. The highest BCUT2D eigenvalue weighted by Crippen LogP contribution is 2.47. The minimum atomic E-state index is -4.25. The number of unbranched alkanes of at least 4 members (excludes halogenated alkanes) is 1. The molecule has 260 valence electrons. The van der Waals surface area contributed by atoms with E-state index in [9.17, 15) is 25.9 Å². The number of rotatable bonds is 13. The Bertz CT molecular complexity index is 1890. The molecule has 11 heteroatoms. The zero-order valence-corrected chi connectivity index (χ0v) is 30.7. The number of fused-ring (bicyclic) bond motifs is 2. The van der Waals surface area contributed by atoms with Crippen molar-refractivity contribution in [1.29, 1.82) is 0 Å². The van der Waals surface area contributed by atoms with Gasteiger partial charge in [-0.1, -0.05) is 74.0 Å². The van der Waals surface area contributed by atoms with E-state index >= 15 is 0 Å². The number of para-hydroxylation sites is 2. The SMILES string of the molecule is CC1(C)C(/C=C/C2=C(Cl)C(=C/CC3N(CCCS(=O)(=O)O)c4ccccc4C3(C)C)/CCC2)=[N+](CCCCS(=O)(=O)[O-])c2ccccc21. The van der Waals surface area contributed by atoms with Crippen LogP contribution in [0.3, 0.4) is 0 Å². The van der Waals surface area contributed by atoms with Gasteiger partial charge in [0.15, 0.2) is 5.71 Å². The van der Waals surface area contributed by atoms with E-state index in [-0.39, 0.29) is 28.4 Å². The number of halogens is 1. The van der Waals surface area contributed by atoms with E-state index in [4.69, 9.17) is 11.6 Å². The normalized spacial score (nSPS) is 21.4. The van der Waals surface area contributed by atoms with Gasteiger partial charge in [-0.05, 0) is 75.1 Å². The van der Waals surface area contributed by atoms with Crippen LogP contribution < -0.4 is 4.90 Å². The number of allylic oxidation sites excluding steroid dienone is 5. The number of anilines is 1. The lowest BCUT2D eigenvalue weighted by Gasteiger charge is -2.34. The highest BCUT2D eigenvalue weighted by molar-refractivity contribution is 7.85. The van der Waals surface area contributed by atoms with Gasteiger partial charge in [-0.25, -0.2) is 8.42 Å². The van der Waals surface area contributed by atoms with Crippen molar-refractivity contribution in [3.63, 3.8) is 0 Å². The average molecular weight is 715 g/mol. The summed E-state index contributed by atoms with van der Waals surface area (Å²) < 4.78 is 68.1. The Balaban J connectivity index is 1.40. The van der Waals surface area contributed by atoms with E-state index < -0.39 is 20.2 Å². The van der Waals surface area contributed by atoms with E-state index in [0.717, 1.165) is 58.9 Å². The Morgan fingerprint density at radius 2 is 1.62 bits per heavy atom. The van der Waals surface area contributed by atoms with Crippen LogP contribution >= 0.6 is 11.6 Å². The van der Waals surface area contributed by atoms with Gasteiger partial charge < -0.3 is 9.45 Å². The van der Waals surface area contributed by atoms with Crippen LogP contribution in [0.2, 0.25) is 0 Å². The van der Waals surface area contributed by atoms with Gasteiger partial charge in [-0.15, -0.1) is 0 Å². The van der Waals surface area contributed by atoms with Gasteiger partial charge in [0.05, 0.1) is 21.3 Å². The highest BCUT2D eigenvalue weighted by Gasteiger charge is 2.45. The molecule has 2 aromatic rings. The van der Waals surface area contributed by atoms with Crippen molar-refractivity contribution in [3.05, 3.63) is 94.1 Å². The molecule has 0 aromatic heterocycles. The third kappa shape index (κ3) is 7.99. The summed E-state index contributed by atoms with van der Waals surface area (Å²) in [6.07, 6.45) is 11.2. The minimum absolute atomic E-state index is 0.0905. The van der Waals surface area contributed by atoms with Gasteiger partial charge >= 0.3 is 0 Å². The maximum absolute atomic E-state index is 11.5. The first-order valence-electron chi connectivity index (χ1n) is 16.8. The summed E-state index contributed by atoms with van der Waals surface area (Å²) in [6.45, 7) is 9.97. The number of benzene rings is 2. The Labute approximate surface area is 291 Å². The predicted molar refractivity (Wildman–Crippen MR) is 193 cm³/mol. The summed E-state index contributed by atoms with van der Waals surface area (Å²) in [7, 11) is -8.28. The lowest BCUT2D eigenvalue weighted by molar-refractivity contribution is -0.438. The minimum Gasteiger partial charge on any atom is -0.748 e. The second-order valence-corrected chi connectivity index (χ2v) is 17.7. The Kier molecular flexibility index (Phi) is 10.8. The summed E-state index contributed by atoms with van der Waals surface area (Å²) >= 11 is 7.13. The van der Waals surface area contributed by atoms with Crippen LogP contribution in [-0.2, 0) is 31.1 Å². The summed E-state index contributed by atoms with van der Waals surface area (Å²) in [5.74, 6) is -0.633. The standard InChI is InChI=1S/C37H47ClN2O6S2/c1-36(2)29-15-5-7-17-31(29)39(23-9-10-25-47(41,42)43)33(36)21-19-27-13-11-14-28(35(27)38)20-22-34-37(3,4)30-16-6-8-18-32(30)40(34)24-12-26-48(44,45)46/h5-8,15-21,34H,9-14,22-26H2,1-4H3,(H-,41,42,43,44,45,46)/b21-19+,28-20+. The molecule has 2 heterocycles. The van der Waals surface area contributed by atoms with Crippen LogP contribution in [-0.4, -0.2) is 66.9 Å². The molecule has 0 spiro atoms. The topological polar surface area (TPSA) is 118 Å². The van der Waals surface area contributed by atoms with Gasteiger partial charge in [-0.2, -0.15) is 13.0 Å². The molecule has 0 saturated heterocycles. The first-order valence-corrected chi connectivity index (χ1v) is 20.3. The average Bonchev–Trinajstić information content (AvgIpc) is 3.35. The van der Waals surface area contributed by atoms with Crippen molar-refractivity contribution < 1.29 is 30.5 Å². The zero-order chi connectivity index (χ0) is 34.9. The first kappa shape index (κ1) is 36.5. The van der Waals surface area contributed by atoms with Crippen LogP contribution in [0.15, 0.2) is 82.9 Å². The molecule has 0 saturated carbocycles. The van der Waals surface area contributed by atoms with Crippen molar-refractivity contribution in [2.75, 3.05) is 29.5 Å². The fourth-order valence-electron chi connectivity index (χ4n) is 7.73. The second-order valence-electron chi connectivity index (χ2n) is 14.2. The third-order valence-corrected chi connectivity index (χ3v) is 12.3. The largest absolute Gasteiger partial charge is 0.748 e. The van der Waals surface area contributed by atoms with E-state index in [1.54, 1.807) is 0 Å².